The molecule has 0 amide bonds. The summed E-state index contributed by atoms with van der Waals surface area (Å²) in [5.41, 5.74) is 0.908. The third-order valence-electron chi connectivity index (χ3n) is 5.76. The Bertz CT molecular complexity index is 293. The first-order chi connectivity index (χ1) is 9.29. The molecule has 0 aromatic rings. The molecular formula is C16H30N2O. The number of hydrogen-bond acceptors (Lipinski definition) is 3. The summed E-state index contributed by atoms with van der Waals surface area (Å²) in [7, 11) is 0. The van der Waals surface area contributed by atoms with Crippen molar-refractivity contribution in [1.29, 1.82) is 0 Å². The van der Waals surface area contributed by atoms with Crippen molar-refractivity contribution in [3.8, 4) is 0 Å². The smallest absolute Gasteiger partial charge is 0.0593 e. The zero-order chi connectivity index (χ0) is 13.2. The maximum atomic E-state index is 5.63. The van der Waals surface area contributed by atoms with Gasteiger partial charge in [-0.1, -0.05) is 25.7 Å². The Hall–Kier alpha value is -0.120. The zero-order valence-electron chi connectivity index (χ0n) is 12.5. The van der Waals surface area contributed by atoms with E-state index in [1.807, 2.05) is 0 Å². The van der Waals surface area contributed by atoms with Crippen molar-refractivity contribution >= 4 is 0 Å². The van der Waals surface area contributed by atoms with E-state index in [1.54, 1.807) is 0 Å². The monoisotopic (exact) mass is 266 g/mol. The molecule has 0 atom stereocenters. The second-order valence-electron chi connectivity index (χ2n) is 6.89. The largest absolute Gasteiger partial charge is 0.380 e. The highest BCUT2D eigenvalue weighted by Crippen LogP contribution is 2.42. The van der Waals surface area contributed by atoms with Gasteiger partial charge in [0.1, 0.15) is 0 Å². The first-order valence-electron chi connectivity index (χ1n) is 8.37. The van der Waals surface area contributed by atoms with Crippen molar-refractivity contribution in [1.82, 2.24) is 10.2 Å². The minimum absolute atomic E-state index is 0.444. The van der Waals surface area contributed by atoms with Crippen molar-refractivity contribution in [2.45, 2.75) is 69.4 Å². The molecule has 1 aliphatic heterocycles. The van der Waals surface area contributed by atoms with Gasteiger partial charge in [0.05, 0.1) is 6.61 Å². The van der Waals surface area contributed by atoms with Gasteiger partial charge in [0, 0.05) is 37.3 Å². The Labute approximate surface area is 118 Å². The van der Waals surface area contributed by atoms with Crippen molar-refractivity contribution in [3.63, 3.8) is 0 Å². The standard InChI is InChI=1S/C16H30N2O/c1-2-19-12-11-18-14-15(7-3-4-8-15)17-13-16(18)9-5-6-10-16/h17H,2-14H2,1H3. The average molecular weight is 266 g/mol. The van der Waals surface area contributed by atoms with Crippen LogP contribution in [0.2, 0.25) is 0 Å². The number of rotatable bonds is 4. The summed E-state index contributed by atoms with van der Waals surface area (Å²) >= 11 is 0. The van der Waals surface area contributed by atoms with Crippen LogP contribution < -0.4 is 5.32 Å². The maximum Gasteiger partial charge on any atom is 0.0593 e. The lowest BCUT2D eigenvalue weighted by Gasteiger charge is -2.52. The van der Waals surface area contributed by atoms with Gasteiger partial charge in [-0.15, -0.1) is 0 Å². The van der Waals surface area contributed by atoms with Crippen LogP contribution in [0.4, 0.5) is 0 Å². The van der Waals surface area contributed by atoms with Crippen molar-refractivity contribution in [2.75, 3.05) is 32.8 Å². The van der Waals surface area contributed by atoms with Crippen LogP contribution in [0.15, 0.2) is 0 Å². The Morgan fingerprint density at radius 1 is 1.05 bits per heavy atom. The van der Waals surface area contributed by atoms with E-state index < -0.39 is 0 Å². The van der Waals surface area contributed by atoms with Gasteiger partial charge in [0.15, 0.2) is 0 Å². The molecule has 1 N–H and O–H groups in total. The molecule has 110 valence electrons. The van der Waals surface area contributed by atoms with Crippen molar-refractivity contribution in [3.05, 3.63) is 0 Å². The lowest BCUT2D eigenvalue weighted by Crippen LogP contribution is -2.68. The van der Waals surface area contributed by atoms with Crippen LogP contribution in [0, 0.1) is 0 Å². The van der Waals surface area contributed by atoms with Crippen LogP contribution in [0.25, 0.3) is 0 Å². The van der Waals surface area contributed by atoms with E-state index in [9.17, 15) is 0 Å². The van der Waals surface area contributed by atoms with Gasteiger partial charge in [-0.2, -0.15) is 0 Å². The van der Waals surface area contributed by atoms with Gasteiger partial charge in [0.2, 0.25) is 0 Å². The van der Waals surface area contributed by atoms with Crippen LogP contribution in [0.1, 0.15) is 58.3 Å². The minimum atomic E-state index is 0.444. The second kappa shape index (κ2) is 5.71. The molecule has 19 heavy (non-hydrogen) atoms. The van der Waals surface area contributed by atoms with Crippen LogP contribution in [0.5, 0.6) is 0 Å². The van der Waals surface area contributed by atoms with Gasteiger partial charge in [0.25, 0.3) is 0 Å². The normalized spacial score (nSPS) is 29.5. The highest BCUT2D eigenvalue weighted by atomic mass is 16.5. The molecule has 1 saturated heterocycles. The molecule has 0 bridgehead atoms. The Morgan fingerprint density at radius 2 is 1.74 bits per heavy atom. The fraction of sp³-hybridized carbons (Fsp3) is 1.00. The molecule has 3 fully saturated rings. The van der Waals surface area contributed by atoms with E-state index in [4.69, 9.17) is 4.74 Å². The third-order valence-corrected chi connectivity index (χ3v) is 5.76. The summed E-state index contributed by atoms with van der Waals surface area (Å²) in [4.78, 5) is 2.80. The van der Waals surface area contributed by atoms with Crippen LogP contribution in [0.3, 0.4) is 0 Å². The van der Waals surface area contributed by atoms with Gasteiger partial charge in [-0.05, 0) is 32.6 Å². The van der Waals surface area contributed by atoms with E-state index in [1.165, 1.54) is 64.5 Å². The average Bonchev–Trinajstić information content (AvgIpc) is 3.05. The first kappa shape index (κ1) is 13.8. The van der Waals surface area contributed by atoms with Gasteiger partial charge < -0.3 is 10.1 Å². The summed E-state index contributed by atoms with van der Waals surface area (Å²) in [6.45, 7) is 7.48. The molecule has 0 aromatic heterocycles. The molecular weight excluding hydrogens is 236 g/mol. The number of hydrogen-bond donors (Lipinski definition) is 1. The number of nitrogens with zero attached hydrogens (tertiary/aromatic N) is 1. The Kier molecular flexibility index (Phi) is 4.16. The lowest BCUT2D eigenvalue weighted by atomic mass is 9.84. The number of piperazine rings is 1. The van der Waals surface area contributed by atoms with Crippen molar-refractivity contribution < 1.29 is 4.74 Å². The molecule has 0 aromatic carbocycles. The Balaban J connectivity index is 1.68. The van der Waals surface area contributed by atoms with E-state index in [0.29, 0.717) is 11.1 Å². The third kappa shape index (κ3) is 2.70. The summed E-state index contributed by atoms with van der Waals surface area (Å²) in [6, 6.07) is 0. The summed E-state index contributed by atoms with van der Waals surface area (Å²) < 4.78 is 5.63. The molecule has 2 spiro atoms. The summed E-state index contributed by atoms with van der Waals surface area (Å²) in [6.07, 6.45) is 11.2. The molecule has 0 unspecified atom stereocenters. The summed E-state index contributed by atoms with van der Waals surface area (Å²) in [5, 5.41) is 3.97. The molecule has 2 saturated carbocycles. The fourth-order valence-electron chi connectivity index (χ4n) is 4.60. The van der Waals surface area contributed by atoms with E-state index >= 15 is 0 Å². The van der Waals surface area contributed by atoms with Crippen LogP contribution in [-0.2, 0) is 4.74 Å². The van der Waals surface area contributed by atoms with E-state index in [-0.39, 0.29) is 0 Å². The highest BCUT2D eigenvalue weighted by Gasteiger charge is 2.49. The predicted octanol–water partition coefficient (Wildman–Crippen LogP) is 2.55. The molecule has 3 aliphatic rings. The summed E-state index contributed by atoms with van der Waals surface area (Å²) in [5.74, 6) is 0. The fourth-order valence-corrected chi connectivity index (χ4v) is 4.60. The molecule has 2 aliphatic carbocycles. The van der Waals surface area contributed by atoms with Gasteiger partial charge in [-0.3, -0.25) is 4.90 Å². The molecule has 3 rings (SSSR count). The molecule has 1 heterocycles. The zero-order valence-corrected chi connectivity index (χ0v) is 12.5. The second-order valence-corrected chi connectivity index (χ2v) is 6.89. The van der Waals surface area contributed by atoms with Crippen LogP contribution >= 0.6 is 0 Å². The van der Waals surface area contributed by atoms with Gasteiger partial charge in [-0.25, -0.2) is 0 Å². The quantitative estimate of drug-likeness (QED) is 0.792. The molecule has 0 radical (unpaired) electrons. The van der Waals surface area contributed by atoms with E-state index in [2.05, 4.69) is 17.1 Å². The molecule has 3 heteroatoms. The SMILES string of the molecule is CCOCCN1CC2(CCCC2)NCC12CCCC2. The maximum absolute atomic E-state index is 5.63. The number of nitrogens with one attached hydrogen (secondary N) is 1. The molecule has 3 nitrogen and oxygen atoms in total. The predicted molar refractivity (Wildman–Crippen MR) is 78.5 cm³/mol. The van der Waals surface area contributed by atoms with Gasteiger partial charge >= 0.3 is 0 Å². The van der Waals surface area contributed by atoms with E-state index in [0.717, 1.165) is 19.8 Å². The number of ether oxygens (including phenoxy) is 1. The highest BCUT2D eigenvalue weighted by molar-refractivity contribution is 5.08. The first-order valence-corrected chi connectivity index (χ1v) is 8.37. The lowest BCUT2D eigenvalue weighted by molar-refractivity contribution is -0.0106. The Morgan fingerprint density at radius 3 is 2.42 bits per heavy atom. The van der Waals surface area contributed by atoms with Crippen molar-refractivity contribution in [2.24, 2.45) is 0 Å². The van der Waals surface area contributed by atoms with Crippen LogP contribution in [-0.4, -0.2) is 48.8 Å². The topological polar surface area (TPSA) is 24.5 Å². The minimum Gasteiger partial charge on any atom is -0.380 e.